The predicted molar refractivity (Wildman–Crippen MR) is 64.0 cm³/mol. The summed E-state index contributed by atoms with van der Waals surface area (Å²) in [7, 11) is 0. The van der Waals surface area contributed by atoms with Gasteiger partial charge in [0.25, 0.3) is 0 Å². The van der Waals surface area contributed by atoms with Crippen LogP contribution in [0.3, 0.4) is 0 Å². The fourth-order valence-corrected chi connectivity index (χ4v) is 2.49. The van der Waals surface area contributed by atoms with E-state index in [1.807, 2.05) is 6.07 Å². The summed E-state index contributed by atoms with van der Waals surface area (Å²) in [6.45, 7) is 7.75. The topological polar surface area (TPSA) is 42.1 Å². The Bertz CT molecular complexity index is 362. The third-order valence-corrected chi connectivity index (χ3v) is 3.13. The Balaban J connectivity index is 2.29. The van der Waals surface area contributed by atoms with Gasteiger partial charge in [0.2, 0.25) is 0 Å². The minimum Gasteiger partial charge on any atom is -0.397 e. The number of nitrogens with zero attached hydrogens (tertiary/aromatic N) is 2. The minimum atomic E-state index is 0.592. The summed E-state index contributed by atoms with van der Waals surface area (Å²) in [6.07, 6.45) is 3.00. The van der Waals surface area contributed by atoms with Gasteiger partial charge in [0.15, 0.2) is 0 Å². The lowest BCUT2D eigenvalue weighted by molar-refractivity contribution is 0.625. The number of nitrogens with two attached hydrogens (primary N) is 1. The van der Waals surface area contributed by atoms with E-state index in [4.69, 9.17) is 5.73 Å². The zero-order valence-corrected chi connectivity index (χ0v) is 9.70. The normalized spacial score (nSPS) is 25.9. The molecule has 0 radical (unpaired) electrons. The molecule has 0 amide bonds. The predicted octanol–water partition coefficient (Wildman–Crippen LogP) is 2.21. The van der Waals surface area contributed by atoms with Crippen LogP contribution >= 0.6 is 0 Å². The number of pyridine rings is 1. The van der Waals surface area contributed by atoms with E-state index in [-0.39, 0.29) is 0 Å². The highest BCUT2D eigenvalue weighted by Gasteiger charge is 2.27. The van der Waals surface area contributed by atoms with Gasteiger partial charge in [-0.05, 0) is 37.8 Å². The van der Waals surface area contributed by atoms with Crippen LogP contribution in [-0.4, -0.2) is 17.6 Å². The van der Waals surface area contributed by atoms with E-state index in [1.54, 1.807) is 6.20 Å². The van der Waals surface area contributed by atoms with E-state index < -0.39 is 0 Å². The first-order valence-corrected chi connectivity index (χ1v) is 5.56. The Morgan fingerprint density at radius 1 is 1.47 bits per heavy atom. The van der Waals surface area contributed by atoms with E-state index in [0.717, 1.165) is 24.0 Å². The zero-order chi connectivity index (χ0) is 11.0. The second-order valence-corrected chi connectivity index (χ2v) is 4.75. The van der Waals surface area contributed by atoms with Crippen LogP contribution in [-0.2, 0) is 0 Å². The lowest BCUT2D eigenvalue weighted by Gasteiger charge is -2.24. The molecule has 1 aromatic rings. The van der Waals surface area contributed by atoms with Gasteiger partial charge in [-0.3, -0.25) is 0 Å². The van der Waals surface area contributed by atoms with Gasteiger partial charge in [0.1, 0.15) is 5.82 Å². The third kappa shape index (κ3) is 1.91. The molecule has 2 atom stereocenters. The molecule has 2 N–H and O–H groups in total. The van der Waals surface area contributed by atoms with E-state index in [2.05, 4.69) is 30.7 Å². The van der Waals surface area contributed by atoms with Crippen molar-refractivity contribution in [2.24, 2.45) is 5.92 Å². The van der Waals surface area contributed by atoms with Crippen LogP contribution in [0.4, 0.5) is 11.5 Å². The molecule has 1 aliphatic rings. The van der Waals surface area contributed by atoms with Crippen molar-refractivity contribution in [1.82, 2.24) is 4.98 Å². The molecule has 0 bridgehead atoms. The first-order valence-electron chi connectivity index (χ1n) is 5.56. The third-order valence-electron chi connectivity index (χ3n) is 3.13. The maximum Gasteiger partial charge on any atom is 0.131 e. The first-order chi connectivity index (χ1) is 7.08. The molecule has 1 aliphatic heterocycles. The van der Waals surface area contributed by atoms with Gasteiger partial charge in [0.05, 0.1) is 11.9 Å². The average molecular weight is 205 g/mol. The molecule has 0 spiro atoms. The zero-order valence-electron chi connectivity index (χ0n) is 9.70. The van der Waals surface area contributed by atoms with Crippen LogP contribution in [0, 0.1) is 12.8 Å². The molecule has 15 heavy (non-hydrogen) atoms. The summed E-state index contributed by atoms with van der Waals surface area (Å²) < 4.78 is 0. The van der Waals surface area contributed by atoms with Gasteiger partial charge in [-0.1, -0.05) is 6.92 Å². The molecule has 2 unspecified atom stereocenters. The van der Waals surface area contributed by atoms with Crippen molar-refractivity contribution < 1.29 is 0 Å². The highest BCUT2D eigenvalue weighted by molar-refractivity contribution is 5.53. The van der Waals surface area contributed by atoms with Crippen molar-refractivity contribution in [2.45, 2.75) is 33.2 Å². The van der Waals surface area contributed by atoms with E-state index in [1.165, 1.54) is 12.0 Å². The van der Waals surface area contributed by atoms with Gasteiger partial charge >= 0.3 is 0 Å². The highest BCUT2D eigenvalue weighted by Crippen LogP contribution is 2.29. The average Bonchev–Trinajstić information content (AvgIpc) is 2.45. The Morgan fingerprint density at radius 2 is 2.20 bits per heavy atom. The summed E-state index contributed by atoms with van der Waals surface area (Å²) >= 11 is 0. The van der Waals surface area contributed by atoms with Crippen LogP contribution in [0.15, 0.2) is 12.3 Å². The standard InChI is InChI=1S/C12H19N3/c1-8-4-10(3)15(7-8)12-9(2)5-11(13)6-14-12/h5-6,8,10H,4,7,13H2,1-3H3. The van der Waals surface area contributed by atoms with Crippen molar-refractivity contribution >= 4 is 11.5 Å². The van der Waals surface area contributed by atoms with Gasteiger partial charge in [-0.2, -0.15) is 0 Å². The van der Waals surface area contributed by atoms with Gasteiger partial charge in [-0.15, -0.1) is 0 Å². The second kappa shape index (κ2) is 3.72. The van der Waals surface area contributed by atoms with Crippen LogP contribution in [0.5, 0.6) is 0 Å². The molecule has 3 heteroatoms. The van der Waals surface area contributed by atoms with Crippen LogP contribution in [0.1, 0.15) is 25.8 Å². The Morgan fingerprint density at radius 3 is 2.73 bits per heavy atom. The molecule has 2 rings (SSSR count). The maximum atomic E-state index is 5.71. The lowest BCUT2D eigenvalue weighted by atomic mass is 10.1. The van der Waals surface area contributed by atoms with E-state index in [0.29, 0.717) is 6.04 Å². The summed E-state index contributed by atoms with van der Waals surface area (Å²) in [4.78, 5) is 6.83. The second-order valence-electron chi connectivity index (χ2n) is 4.75. The number of hydrogen-bond donors (Lipinski definition) is 1. The van der Waals surface area contributed by atoms with Gasteiger partial charge in [0, 0.05) is 12.6 Å². The first kappa shape index (κ1) is 10.3. The summed E-state index contributed by atoms with van der Waals surface area (Å²) in [5.74, 6) is 1.86. The highest BCUT2D eigenvalue weighted by atomic mass is 15.2. The molecular formula is C12H19N3. The number of nitrogen functional groups attached to an aromatic ring is 1. The Hall–Kier alpha value is -1.25. The summed E-state index contributed by atoms with van der Waals surface area (Å²) in [5.41, 5.74) is 7.63. The molecule has 0 saturated carbocycles. The Kier molecular flexibility index (Phi) is 2.55. The smallest absolute Gasteiger partial charge is 0.131 e. The van der Waals surface area contributed by atoms with Crippen molar-refractivity contribution in [2.75, 3.05) is 17.2 Å². The van der Waals surface area contributed by atoms with Crippen molar-refractivity contribution in [3.05, 3.63) is 17.8 Å². The SMILES string of the molecule is Cc1cc(N)cnc1N1CC(C)CC1C. The molecule has 0 aliphatic carbocycles. The molecule has 1 saturated heterocycles. The van der Waals surface area contributed by atoms with Crippen molar-refractivity contribution in [1.29, 1.82) is 0 Å². The monoisotopic (exact) mass is 205 g/mol. The number of anilines is 2. The van der Waals surface area contributed by atoms with Crippen molar-refractivity contribution in [3.8, 4) is 0 Å². The van der Waals surface area contributed by atoms with E-state index in [9.17, 15) is 0 Å². The van der Waals surface area contributed by atoms with E-state index >= 15 is 0 Å². The number of aromatic nitrogens is 1. The lowest BCUT2D eigenvalue weighted by Crippen LogP contribution is -2.28. The largest absolute Gasteiger partial charge is 0.397 e. The number of aryl methyl sites for hydroxylation is 1. The molecule has 0 aromatic carbocycles. The van der Waals surface area contributed by atoms with Gasteiger partial charge < -0.3 is 10.6 Å². The molecule has 2 heterocycles. The van der Waals surface area contributed by atoms with Crippen LogP contribution in [0.25, 0.3) is 0 Å². The molecule has 1 fully saturated rings. The van der Waals surface area contributed by atoms with Crippen molar-refractivity contribution in [3.63, 3.8) is 0 Å². The molecule has 3 nitrogen and oxygen atoms in total. The number of hydrogen-bond acceptors (Lipinski definition) is 3. The maximum absolute atomic E-state index is 5.71. The van der Waals surface area contributed by atoms with Gasteiger partial charge in [-0.25, -0.2) is 4.98 Å². The summed E-state index contributed by atoms with van der Waals surface area (Å²) in [5, 5.41) is 0. The molecule has 82 valence electrons. The number of rotatable bonds is 1. The fourth-order valence-electron chi connectivity index (χ4n) is 2.49. The molecule has 1 aromatic heterocycles. The van der Waals surface area contributed by atoms with Crippen LogP contribution < -0.4 is 10.6 Å². The van der Waals surface area contributed by atoms with Crippen LogP contribution in [0.2, 0.25) is 0 Å². The Labute approximate surface area is 91.3 Å². The minimum absolute atomic E-state index is 0.592. The summed E-state index contributed by atoms with van der Waals surface area (Å²) in [6, 6.07) is 2.59. The quantitative estimate of drug-likeness (QED) is 0.764. The molecular weight excluding hydrogens is 186 g/mol. The fraction of sp³-hybridized carbons (Fsp3) is 0.583.